The number of urea groups is 1. The van der Waals surface area contributed by atoms with E-state index in [2.05, 4.69) is 0 Å². The van der Waals surface area contributed by atoms with Gasteiger partial charge in [-0.05, 0) is 12.8 Å². The van der Waals surface area contributed by atoms with Crippen LogP contribution in [0.3, 0.4) is 0 Å². The van der Waals surface area contributed by atoms with Crippen molar-refractivity contribution in [2.75, 3.05) is 14.1 Å². The average Bonchev–Trinajstić information content (AvgIpc) is 2.33. The van der Waals surface area contributed by atoms with Gasteiger partial charge >= 0.3 is 6.03 Å². The summed E-state index contributed by atoms with van der Waals surface area (Å²) in [5.41, 5.74) is 0. The average molecular weight is 168 g/mol. The molecule has 0 N–H and O–H groups in total. The lowest BCUT2D eigenvalue weighted by Gasteiger charge is -2.29. The fraction of sp³-hybridized carbons (Fsp3) is 0.889. The minimum atomic E-state index is 0.201. The van der Waals surface area contributed by atoms with Gasteiger partial charge in [0.15, 0.2) is 0 Å². The van der Waals surface area contributed by atoms with Crippen LogP contribution in [-0.4, -0.2) is 42.0 Å². The molecule has 3 heteroatoms. The Morgan fingerprint density at radius 3 is 1.92 bits per heavy atom. The summed E-state index contributed by atoms with van der Waals surface area (Å²) in [4.78, 5) is 15.3. The van der Waals surface area contributed by atoms with Crippen LogP contribution in [0.2, 0.25) is 0 Å². The normalized spacial score (nSPS) is 35.7. The molecular weight excluding hydrogens is 152 g/mol. The van der Waals surface area contributed by atoms with Crippen molar-refractivity contribution in [1.82, 2.24) is 9.80 Å². The number of carbonyl (C=O) groups excluding carboxylic acids is 1. The molecule has 0 spiro atoms. The zero-order valence-corrected chi connectivity index (χ0v) is 7.79. The van der Waals surface area contributed by atoms with Gasteiger partial charge in [-0.15, -0.1) is 0 Å². The summed E-state index contributed by atoms with van der Waals surface area (Å²) in [5, 5.41) is 0. The second-order valence-electron chi connectivity index (χ2n) is 3.92. The Morgan fingerprint density at radius 1 is 1.08 bits per heavy atom. The summed E-state index contributed by atoms with van der Waals surface area (Å²) in [7, 11) is 3.85. The number of hydrogen-bond donors (Lipinski definition) is 0. The minimum Gasteiger partial charge on any atom is -0.323 e. The van der Waals surface area contributed by atoms with E-state index in [0.29, 0.717) is 12.1 Å². The molecule has 0 aromatic carbocycles. The highest BCUT2D eigenvalue weighted by molar-refractivity contribution is 5.77. The standard InChI is InChI=1S/C9H16N2O/c1-10-7-5-3-4-6-8(7)11(2)9(10)12/h7-8H,3-6H2,1-2H3/t7-,8-/m0/s1. The van der Waals surface area contributed by atoms with Gasteiger partial charge in [-0.2, -0.15) is 0 Å². The maximum Gasteiger partial charge on any atom is 0.320 e. The van der Waals surface area contributed by atoms with E-state index in [9.17, 15) is 4.79 Å². The van der Waals surface area contributed by atoms with E-state index in [1.54, 1.807) is 0 Å². The van der Waals surface area contributed by atoms with Crippen molar-refractivity contribution in [2.45, 2.75) is 37.8 Å². The van der Waals surface area contributed by atoms with E-state index in [1.165, 1.54) is 25.7 Å². The molecule has 2 aliphatic rings. The van der Waals surface area contributed by atoms with Crippen LogP contribution in [0, 0.1) is 0 Å². The molecule has 1 saturated carbocycles. The monoisotopic (exact) mass is 168 g/mol. The van der Waals surface area contributed by atoms with Crippen LogP contribution in [0.4, 0.5) is 4.79 Å². The molecule has 0 bridgehead atoms. The Balaban J connectivity index is 2.19. The van der Waals surface area contributed by atoms with Gasteiger partial charge in [0, 0.05) is 14.1 Å². The maximum atomic E-state index is 11.5. The lowest BCUT2D eigenvalue weighted by Crippen LogP contribution is -2.37. The van der Waals surface area contributed by atoms with Gasteiger partial charge in [0.1, 0.15) is 0 Å². The molecule has 0 unspecified atom stereocenters. The highest BCUT2D eigenvalue weighted by Crippen LogP contribution is 2.31. The molecule has 3 nitrogen and oxygen atoms in total. The van der Waals surface area contributed by atoms with Crippen molar-refractivity contribution in [1.29, 1.82) is 0 Å². The molecule has 0 aromatic rings. The minimum absolute atomic E-state index is 0.201. The molecule has 68 valence electrons. The third kappa shape index (κ3) is 0.919. The largest absolute Gasteiger partial charge is 0.323 e. The zero-order chi connectivity index (χ0) is 8.72. The molecule has 2 fully saturated rings. The molecule has 1 heterocycles. The smallest absolute Gasteiger partial charge is 0.320 e. The zero-order valence-electron chi connectivity index (χ0n) is 7.79. The van der Waals surface area contributed by atoms with Crippen molar-refractivity contribution in [3.8, 4) is 0 Å². The summed E-state index contributed by atoms with van der Waals surface area (Å²) in [5.74, 6) is 0. The molecule has 1 saturated heterocycles. The predicted octanol–water partition coefficient (Wildman–Crippen LogP) is 1.29. The molecule has 2 rings (SSSR count). The first-order valence-electron chi connectivity index (χ1n) is 4.71. The Kier molecular flexibility index (Phi) is 1.74. The van der Waals surface area contributed by atoms with Gasteiger partial charge in [-0.1, -0.05) is 12.8 Å². The van der Waals surface area contributed by atoms with E-state index >= 15 is 0 Å². The molecule has 12 heavy (non-hydrogen) atoms. The van der Waals surface area contributed by atoms with E-state index in [1.807, 2.05) is 23.9 Å². The van der Waals surface area contributed by atoms with Crippen LogP contribution in [0.15, 0.2) is 0 Å². The second kappa shape index (κ2) is 2.64. The van der Waals surface area contributed by atoms with Gasteiger partial charge in [0.25, 0.3) is 0 Å². The van der Waals surface area contributed by atoms with Crippen molar-refractivity contribution < 1.29 is 4.79 Å². The summed E-state index contributed by atoms with van der Waals surface area (Å²) in [6.07, 6.45) is 4.95. The first-order valence-corrected chi connectivity index (χ1v) is 4.71. The molecule has 2 amide bonds. The quantitative estimate of drug-likeness (QED) is 0.534. The highest BCUT2D eigenvalue weighted by Gasteiger charge is 2.42. The second-order valence-corrected chi connectivity index (χ2v) is 3.92. The number of carbonyl (C=O) groups is 1. The number of amides is 2. The Labute approximate surface area is 73.3 Å². The topological polar surface area (TPSA) is 23.6 Å². The summed E-state index contributed by atoms with van der Waals surface area (Å²) in [6, 6.07) is 1.19. The molecule has 2 atom stereocenters. The van der Waals surface area contributed by atoms with Crippen LogP contribution < -0.4 is 0 Å². The molecule has 1 aliphatic carbocycles. The maximum absolute atomic E-state index is 11.5. The first kappa shape index (κ1) is 7.90. The fourth-order valence-corrected chi connectivity index (χ4v) is 2.53. The molecule has 1 aliphatic heterocycles. The van der Waals surface area contributed by atoms with Crippen molar-refractivity contribution in [2.24, 2.45) is 0 Å². The van der Waals surface area contributed by atoms with Crippen LogP contribution in [-0.2, 0) is 0 Å². The van der Waals surface area contributed by atoms with E-state index in [0.717, 1.165) is 0 Å². The van der Waals surface area contributed by atoms with E-state index in [4.69, 9.17) is 0 Å². The predicted molar refractivity (Wildman–Crippen MR) is 47.0 cm³/mol. The number of nitrogens with zero attached hydrogens (tertiary/aromatic N) is 2. The summed E-state index contributed by atoms with van der Waals surface area (Å²) < 4.78 is 0. The molecular formula is C9H16N2O. The third-order valence-electron chi connectivity index (χ3n) is 3.29. The fourth-order valence-electron chi connectivity index (χ4n) is 2.53. The van der Waals surface area contributed by atoms with Gasteiger partial charge in [0.05, 0.1) is 12.1 Å². The number of likely N-dealkylation sites (N-methyl/N-ethyl adjacent to an activating group) is 2. The Hall–Kier alpha value is -0.730. The summed E-state index contributed by atoms with van der Waals surface area (Å²) in [6.45, 7) is 0. The van der Waals surface area contributed by atoms with Gasteiger partial charge in [-0.25, -0.2) is 4.79 Å². The lowest BCUT2D eigenvalue weighted by molar-refractivity contribution is 0.200. The van der Waals surface area contributed by atoms with Crippen molar-refractivity contribution >= 4 is 6.03 Å². The SMILES string of the molecule is CN1C(=O)N(C)[C@H]2CCCC[C@@H]21. The van der Waals surface area contributed by atoms with Gasteiger partial charge < -0.3 is 9.80 Å². The van der Waals surface area contributed by atoms with Crippen LogP contribution in [0.5, 0.6) is 0 Å². The Bertz CT molecular complexity index is 185. The Morgan fingerprint density at radius 2 is 1.50 bits per heavy atom. The number of fused-ring (bicyclic) bond motifs is 1. The van der Waals surface area contributed by atoms with Crippen molar-refractivity contribution in [3.05, 3.63) is 0 Å². The lowest BCUT2D eigenvalue weighted by atomic mass is 9.91. The first-order chi connectivity index (χ1) is 5.72. The molecule has 0 aromatic heterocycles. The number of rotatable bonds is 0. The van der Waals surface area contributed by atoms with Crippen LogP contribution in [0.25, 0.3) is 0 Å². The van der Waals surface area contributed by atoms with Crippen LogP contribution in [0.1, 0.15) is 25.7 Å². The van der Waals surface area contributed by atoms with Gasteiger partial charge in [-0.3, -0.25) is 0 Å². The molecule has 0 radical (unpaired) electrons. The third-order valence-corrected chi connectivity index (χ3v) is 3.29. The van der Waals surface area contributed by atoms with Crippen molar-refractivity contribution in [3.63, 3.8) is 0 Å². The number of hydrogen-bond acceptors (Lipinski definition) is 1. The highest BCUT2D eigenvalue weighted by atomic mass is 16.2. The van der Waals surface area contributed by atoms with Gasteiger partial charge in [0.2, 0.25) is 0 Å². The van der Waals surface area contributed by atoms with Crippen LogP contribution >= 0.6 is 0 Å². The van der Waals surface area contributed by atoms with E-state index in [-0.39, 0.29) is 6.03 Å². The summed E-state index contributed by atoms with van der Waals surface area (Å²) >= 11 is 0. The van der Waals surface area contributed by atoms with E-state index < -0.39 is 0 Å².